The predicted molar refractivity (Wildman–Crippen MR) is 72.1 cm³/mol. The van der Waals surface area contributed by atoms with Gasteiger partial charge in [0.2, 0.25) is 5.91 Å². The molecule has 0 aliphatic heterocycles. The summed E-state index contributed by atoms with van der Waals surface area (Å²) >= 11 is 0. The maximum Gasteiger partial charge on any atom is 0.271 e. The molecule has 0 radical (unpaired) electrons. The van der Waals surface area contributed by atoms with Gasteiger partial charge >= 0.3 is 0 Å². The topological polar surface area (TPSA) is 104 Å². The van der Waals surface area contributed by atoms with Crippen LogP contribution in [0, 0.1) is 16.0 Å². The van der Waals surface area contributed by atoms with Gasteiger partial charge in [-0.25, -0.2) is 0 Å². The van der Waals surface area contributed by atoms with Crippen molar-refractivity contribution in [3.05, 3.63) is 28.3 Å². The lowest BCUT2D eigenvalue weighted by Gasteiger charge is -2.13. The second kappa shape index (κ2) is 6.69. The zero-order valence-electron chi connectivity index (χ0n) is 10.8. The molecule has 0 spiro atoms. The maximum absolute atomic E-state index is 11.7. The average Bonchev–Trinajstić information content (AvgIpc) is 2.36. The first-order chi connectivity index (χ1) is 8.95. The van der Waals surface area contributed by atoms with Crippen LogP contribution >= 0.6 is 0 Å². The Balaban J connectivity index is 3.03. The lowest BCUT2D eigenvalue weighted by molar-refractivity contribution is -0.384. The second-order valence-corrected chi connectivity index (χ2v) is 4.28. The van der Waals surface area contributed by atoms with Crippen LogP contribution in [0.25, 0.3) is 0 Å². The molecule has 0 fully saturated rings. The molecule has 7 nitrogen and oxygen atoms in total. The van der Waals surface area contributed by atoms with E-state index in [4.69, 9.17) is 5.11 Å². The van der Waals surface area contributed by atoms with E-state index in [1.165, 1.54) is 18.2 Å². The van der Waals surface area contributed by atoms with E-state index < -0.39 is 4.92 Å². The molecule has 0 saturated carbocycles. The summed E-state index contributed by atoms with van der Waals surface area (Å²) in [5.41, 5.74) is 0.767. The van der Waals surface area contributed by atoms with E-state index in [1.54, 1.807) is 13.8 Å². The van der Waals surface area contributed by atoms with E-state index in [-0.39, 0.29) is 24.1 Å². The van der Waals surface area contributed by atoms with Gasteiger partial charge in [0, 0.05) is 24.6 Å². The number of nitro groups is 1. The highest BCUT2D eigenvalue weighted by atomic mass is 16.6. The second-order valence-electron chi connectivity index (χ2n) is 4.28. The van der Waals surface area contributed by atoms with Crippen molar-refractivity contribution < 1.29 is 14.8 Å². The Morgan fingerprint density at radius 2 is 2.11 bits per heavy atom. The molecule has 1 aromatic rings. The highest BCUT2D eigenvalue weighted by molar-refractivity contribution is 5.95. The fourth-order valence-electron chi connectivity index (χ4n) is 1.37. The van der Waals surface area contributed by atoms with Crippen LogP contribution < -0.4 is 10.6 Å². The summed E-state index contributed by atoms with van der Waals surface area (Å²) in [6, 6.07) is 4.13. The van der Waals surface area contributed by atoms with Crippen LogP contribution in [0.4, 0.5) is 17.1 Å². The summed E-state index contributed by atoms with van der Waals surface area (Å²) in [4.78, 5) is 21.9. The monoisotopic (exact) mass is 267 g/mol. The molecular weight excluding hydrogens is 250 g/mol. The molecule has 19 heavy (non-hydrogen) atoms. The summed E-state index contributed by atoms with van der Waals surface area (Å²) < 4.78 is 0. The van der Waals surface area contributed by atoms with Crippen LogP contribution in [-0.4, -0.2) is 29.1 Å². The number of nitro benzene ring substituents is 1. The van der Waals surface area contributed by atoms with Gasteiger partial charge in [-0.2, -0.15) is 0 Å². The van der Waals surface area contributed by atoms with Gasteiger partial charge in [0.1, 0.15) is 0 Å². The molecule has 0 bridgehead atoms. The minimum atomic E-state index is -0.527. The van der Waals surface area contributed by atoms with Crippen LogP contribution in [0.1, 0.15) is 13.8 Å². The normalized spacial score (nSPS) is 10.3. The summed E-state index contributed by atoms with van der Waals surface area (Å²) in [5, 5.41) is 25.0. The predicted octanol–water partition coefficient (Wildman–Crippen LogP) is 1.59. The van der Waals surface area contributed by atoms with E-state index in [0.29, 0.717) is 17.9 Å². The summed E-state index contributed by atoms with van der Waals surface area (Å²) in [7, 11) is 0. The quantitative estimate of drug-likeness (QED) is 0.536. The van der Waals surface area contributed by atoms with E-state index >= 15 is 0 Å². The van der Waals surface area contributed by atoms with E-state index in [9.17, 15) is 14.9 Å². The van der Waals surface area contributed by atoms with Crippen molar-refractivity contribution in [3.63, 3.8) is 0 Å². The third-order valence-electron chi connectivity index (χ3n) is 2.42. The molecule has 3 N–H and O–H groups in total. The molecule has 0 atom stereocenters. The zero-order chi connectivity index (χ0) is 14.4. The minimum absolute atomic E-state index is 0.0748. The molecule has 7 heteroatoms. The third kappa shape index (κ3) is 4.22. The maximum atomic E-state index is 11.7. The lowest BCUT2D eigenvalue weighted by Crippen LogP contribution is -2.19. The average molecular weight is 267 g/mol. The number of rotatable bonds is 6. The molecular formula is C12H17N3O4. The molecule has 104 valence electrons. The summed E-state index contributed by atoms with van der Waals surface area (Å²) in [5.74, 6) is -0.461. The Kier molecular flexibility index (Phi) is 5.25. The number of carbonyl (C=O) groups excluding carboxylic acids is 1. The number of carbonyl (C=O) groups is 1. The number of hydrogen-bond donors (Lipinski definition) is 3. The molecule has 0 aliphatic rings. The van der Waals surface area contributed by atoms with Gasteiger partial charge in [0.15, 0.2) is 0 Å². The van der Waals surface area contributed by atoms with Crippen molar-refractivity contribution in [3.8, 4) is 0 Å². The highest BCUT2D eigenvalue weighted by Crippen LogP contribution is 2.27. The van der Waals surface area contributed by atoms with Crippen LogP contribution in [0.2, 0.25) is 0 Å². The van der Waals surface area contributed by atoms with Crippen molar-refractivity contribution in [2.45, 2.75) is 13.8 Å². The number of benzene rings is 1. The number of anilines is 2. The molecule has 0 aliphatic carbocycles. The van der Waals surface area contributed by atoms with Crippen LogP contribution in [0.3, 0.4) is 0 Å². The number of amides is 1. The SMILES string of the molecule is CC(C)C(=O)Nc1cc([N+](=O)[O-])ccc1NCCO. The van der Waals surface area contributed by atoms with Gasteiger partial charge in [-0.05, 0) is 6.07 Å². The van der Waals surface area contributed by atoms with Crippen molar-refractivity contribution in [1.29, 1.82) is 0 Å². The van der Waals surface area contributed by atoms with Gasteiger partial charge in [0.05, 0.1) is 22.9 Å². The number of non-ortho nitro benzene ring substituents is 1. The fraction of sp³-hybridized carbons (Fsp3) is 0.417. The van der Waals surface area contributed by atoms with Crippen LogP contribution in [0.15, 0.2) is 18.2 Å². The largest absolute Gasteiger partial charge is 0.395 e. The Hall–Kier alpha value is -2.15. The number of hydrogen-bond acceptors (Lipinski definition) is 5. The Labute approximate surface area is 110 Å². The van der Waals surface area contributed by atoms with Gasteiger partial charge < -0.3 is 15.7 Å². The molecule has 0 unspecified atom stereocenters. The lowest BCUT2D eigenvalue weighted by atomic mass is 10.2. The minimum Gasteiger partial charge on any atom is -0.395 e. The van der Waals surface area contributed by atoms with Gasteiger partial charge in [0.25, 0.3) is 5.69 Å². The molecule has 0 heterocycles. The van der Waals surface area contributed by atoms with Crippen molar-refractivity contribution in [2.24, 2.45) is 5.92 Å². The standard InChI is InChI=1S/C12H17N3O4/c1-8(2)12(17)14-11-7-9(15(18)19)3-4-10(11)13-5-6-16/h3-4,7-8,13,16H,5-6H2,1-2H3,(H,14,17). The summed E-state index contributed by atoms with van der Waals surface area (Å²) in [6.07, 6.45) is 0. The first kappa shape index (κ1) is 14.9. The highest BCUT2D eigenvalue weighted by Gasteiger charge is 2.14. The number of aliphatic hydroxyl groups is 1. The first-order valence-electron chi connectivity index (χ1n) is 5.89. The van der Waals surface area contributed by atoms with Gasteiger partial charge in [-0.15, -0.1) is 0 Å². The Morgan fingerprint density at radius 1 is 1.42 bits per heavy atom. The van der Waals surface area contributed by atoms with E-state index in [2.05, 4.69) is 10.6 Å². The molecule has 0 aromatic heterocycles. The molecule has 1 aromatic carbocycles. The Bertz CT molecular complexity index is 474. The first-order valence-corrected chi connectivity index (χ1v) is 5.89. The number of nitrogens with zero attached hydrogens (tertiary/aromatic N) is 1. The molecule has 1 amide bonds. The molecule has 0 saturated heterocycles. The molecule has 1 rings (SSSR count). The smallest absolute Gasteiger partial charge is 0.271 e. The van der Waals surface area contributed by atoms with E-state index in [0.717, 1.165) is 0 Å². The fourth-order valence-corrected chi connectivity index (χ4v) is 1.37. The van der Waals surface area contributed by atoms with Crippen molar-refractivity contribution in [1.82, 2.24) is 0 Å². The van der Waals surface area contributed by atoms with Crippen molar-refractivity contribution in [2.75, 3.05) is 23.8 Å². The van der Waals surface area contributed by atoms with Crippen LogP contribution in [0.5, 0.6) is 0 Å². The summed E-state index contributed by atoms with van der Waals surface area (Å²) in [6.45, 7) is 3.68. The van der Waals surface area contributed by atoms with Crippen LogP contribution in [-0.2, 0) is 4.79 Å². The van der Waals surface area contributed by atoms with Gasteiger partial charge in [-0.1, -0.05) is 13.8 Å². The number of aliphatic hydroxyl groups excluding tert-OH is 1. The van der Waals surface area contributed by atoms with Gasteiger partial charge in [-0.3, -0.25) is 14.9 Å². The number of nitrogens with one attached hydrogen (secondary N) is 2. The Morgan fingerprint density at radius 3 is 2.63 bits per heavy atom. The van der Waals surface area contributed by atoms with Crippen molar-refractivity contribution >= 4 is 23.0 Å². The third-order valence-corrected chi connectivity index (χ3v) is 2.42. The van der Waals surface area contributed by atoms with E-state index in [1.807, 2.05) is 0 Å². The zero-order valence-corrected chi connectivity index (χ0v) is 10.8.